The van der Waals surface area contributed by atoms with Gasteiger partial charge in [-0.2, -0.15) is 4.98 Å². The largest absolute Gasteiger partial charge is 0.382 e. The Morgan fingerprint density at radius 2 is 1.94 bits per heavy atom. The summed E-state index contributed by atoms with van der Waals surface area (Å²) in [7, 11) is 0. The lowest BCUT2D eigenvalue weighted by Crippen LogP contribution is -2.29. The van der Waals surface area contributed by atoms with Crippen LogP contribution in [0.5, 0.6) is 0 Å². The first kappa shape index (κ1) is 20.7. The molecule has 3 aromatic heterocycles. The highest BCUT2D eigenvalue weighted by Crippen LogP contribution is 2.29. The number of carbonyl (C=O) groups excluding carboxylic acids is 1. The van der Waals surface area contributed by atoms with E-state index in [4.69, 9.17) is 11.5 Å². The molecule has 3 heterocycles. The van der Waals surface area contributed by atoms with Gasteiger partial charge in [0.15, 0.2) is 0 Å². The standard InChI is InChI=1S/C24H23N7O2/c25-20-8-13-31(29-20)22(32)18-15-30(21-7-12-27-23(26)28-21)19-14-16(4-5-17(18)19)6-11-24(33)9-2-1-3-10-24/h4-5,7-8,12-15,33H,1-3,9-10H2,(H2,25,29)(H2,26,27,28). The number of rotatable bonds is 2. The number of anilines is 2. The van der Waals surface area contributed by atoms with Gasteiger partial charge in [0.25, 0.3) is 5.91 Å². The van der Waals surface area contributed by atoms with Crippen LogP contribution < -0.4 is 11.5 Å². The molecule has 1 saturated carbocycles. The molecule has 0 aliphatic heterocycles. The Kier molecular flexibility index (Phi) is 5.07. The molecule has 5 N–H and O–H groups in total. The van der Waals surface area contributed by atoms with Gasteiger partial charge in [-0.15, -0.1) is 5.10 Å². The zero-order valence-corrected chi connectivity index (χ0v) is 17.9. The number of nitrogen functional groups attached to an aromatic ring is 2. The van der Waals surface area contributed by atoms with Crippen LogP contribution in [0.25, 0.3) is 16.7 Å². The summed E-state index contributed by atoms with van der Waals surface area (Å²) < 4.78 is 2.98. The van der Waals surface area contributed by atoms with Gasteiger partial charge >= 0.3 is 0 Å². The second-order valence-corrected chi connectivity index (χ2v) is 8.25. The maximum Gasteiger partial charge on any atom is 0.280 e. The van der Waals surface area contributed by atoms with Crippen molar-refractivity contribution >= 4 is 28.6 Å². The number of fused-ring (bicyclic) bond motifs is 1. The number of nitrogens with two attached hydrogens (primary N) is 2. The Bertz CT molecular complexity index is 1420. The first-order valence-electron chi connectivity index (χ1n) is 10.8. The van der Waals surface area contributed by atoms with Crippen molar-refractivity contribution in [1.29, 1.82) is 0 Å². The minimum Gasteiger partial charge on any atom is -0.382 e. The molecule has 0 amide bonds. The molecular weight excluding hydrogens is 418 g/mol. The topological polar surface area (TPSA) is 138 Å². The lowest BCUT2D eigenvalue weighted by atomic mass is 9.85. The number of hydrogen-bond acceptors (Lipinski definition) is 7. The predicted molar refractivity (Wildman–Crippen MR) is 125 cm³/mol. The van der Waals surface area contributed by atoms with Crippen LogP contribution in [-0.4, -0.2) is 40.9 Å². The minimum atomic E-state index is -0.947. The Balaban J connectivity index is 1.63. The fourth-order valence-electron chi connectivity index (χ4n) is 4.19. The fourth-order valence-corrected chi connectivity index (χ4v) is 4.19. The van der Waals surface area contributed by atoms with Gasteiger partial charge < -0.3 is 21.1 Å². The average Bonchev–Trinajstić information content (AvgIpc) is 3.41. The van der Waals surface area contributed by atoms with Gasteiger partial charge in [-0.3, -0.25) is 4.79 Å². The summed E-state index contributed by atoms with van der Waals surface area (Å²) in [5.74, 6) is 6.75. The third-order valence-electron chi connectivity index (χ3n) is 5.88. The molecular formula is C24H23N7O2. The predicted octanol–water partition coefficient (Wildman–Crippen LogP) is 2.52. The third-order valence-corrected chi connectivity index (χ3v) is 5.88. The molecule has 0 bridgehead atoms. The SMILES string of the molecule is Nc1ccn(C(=O)c2cn(-c3ccnc(N)n3)c3cc(C#CC4(O)CCCCC4)ccc23)n1. The molecule has 0 unspecified atom stereocenters. The highest BCUT2D eigenvalue weighted by Gasteiger charge is 2.26. The Morgan fingerprint density at radius 1 is 1.12 bits per heavy atom. The van der Waals surface area contributed by atoms with E-state index in [9.17, 15) is 9.90 Å². The summed E-state index contributed by atoms with van der Waals surface area (Å²) in [6.07, 6.45) is 9.23. The van der Waals surface area contributed by atoms with Crippen LogP contribution in [0.1, 0.15) is 48.0 Å². The maximum absolute atomic E-state index is 13.2. The average molecular weight is 441 g/mol. The van der Waals surface area contributed by atoms with Crippen molar-refractivity contribution in [2.24, 2.45) is 0 Å². The summed E-state index contributed by atoms with van der Waals surface area (Å²) in [5.41, 5.74) is 12.4. The number of nitrogens with zero attached hydrogens (tertiary/aromatic N) is 5. The van der Waals surface area contributed by atoms with E-state index < -0.39 is 5.60 Å². The summed E-state index contributed by atoms with van der Waals surface area (Å²) in [6.45, 7) is 0. The van der Waals surface area contributed by atoms with E-state index in [0.717, 1.165) is 30.3 Å². The molecule has 33 heavy (non-hydrogen) atoms. The van der Waals surface area contributed by atoms with Gasteiger partial charge in [0.05, 0.1) is 11.1 Å². The summed E-state index contributed by atoms with van der Waals surface area (Å²) >= 11 is 0. The minimum absolute atomic E-state index is 0.123. The molecule has 9 heteroatoms. The fraction of sp³-hybridized carbons (Fsp3) is 0.250. The van der Waals surface area contributed by atoms with E-state index in [0.29, 0.717) is 29.6 Å². The first-order valence-corrected chi connectivity index (χ1v) is 10.8. The Hall–Kier alpha value is -4.16. The molecule has 5 rings (SSSR count). The molecule has 1 aliphatic carbocycles. The highest BCUT2D eigenvalue weighted by atomic mass is 16.3. The number of aliphatic hydroxyl groups is 1. The van der Waals surface area contributed by atoms with Crippen LogP contribution in [0.2, 0.25) is 0 Å². The number of hydrogen-bond donors (Lipinski definition) is 3. The molecule has 1 fully saturated rings. The van der Waals surface area contributed by atoms with Crippen molar-refractivity contribution < 1.29 is 9.90 Å². The Labute approximate surface area is 190 Å². The van der Waals surface area contributed by atoms with Crippen molar-refractivity contribution in [3.05, 3.63) is 60.0 Å². The normalized spacial score (nSPS) is 15.2. The van der Waals surface area contributed by atoms with Crippen molar-refractivity contribution in [3.8, 4) is 17.7 Å². The van der Waals surface area contributed by atoms with Crippen molar-refractivity contribution in [2.45, 2.75) is 37.7 Å². The van der Waals surface area contributed by atoms with Crippen LogP contribution in [0.15, 0.2) is 48.9 Å². The van der Waals surface area contributed by atoms with Crippen LogP contribution in [0.3, 0.4) is 0 Å². The quantitative estimate of drug-likeness (QED) is 0.406. The van der Waals surface area contributed by atoms with Gasteiger partial charge in [0.2, 0.25) is 5.95 Å². The van der Waals surface area contributed by atoms with Gasteiger partial charge in [0.1, 0.15) is 17.2 Å². The van der Waals surface area contributed by atoms with E-state index in [2.05, 4.69) is 26.9 Å². The molecule has 0 saturated heterocycles. The zero-order chi connectivity index (χ0) is 23.0. The molecule has 0 spiro atoms. The van der Waals surface area contributed by atoms with Crippen LogP contribution in [0, 0.1) is 11.8 Å². The second-order valence-electron chi connectivity index (χ2n) is 8.25. The number of carbonyl (C=O) groups is 1. The van der Waals surface area contributed by atoms with Crippen LogP contribution in [-0.2, 0) is 0 Å². The molecule has 1 aromatic carbocycles. The molecule has 0 radical (unpaired) electrons. The van der Waals surface area contributed by atoms with Crippen molar-refractivity contribution in [3.63, 3.8) is 0 Å². The summed E-state index contributed by atoms with van der Waals surface area (Å²) in [4.78, 5) is 21.4. The molecule has 0 atom stereocenters. The van der Waals surface area contributed by atoms with Crippen LogP contribution in [0.4, 0.5) is 11.8 Å². The third kappa shape index (κ3) is 4.04. The lowest BCUT2D eigenvalue weighted by Gasteiger charge is -2.26. The van der Waals surface area contributed by atoms with E-state index in [1.165, 1.54) is 10.9 Å². The van der Waals surface area contributed by atoms with Crippen molar-refractivity contribution in [1.82, 2.24) is 24.3 Å². The maximum atomic E-state index is 13.2. The van der Waals surface area contributed by atoms with E-state index in [1.807, 2.05) is 18.2 Å². The lowest BCUT2D eigenvalue weighted by molar-refractivity contribution is 0.0610. The van der Waals surface area contributed by atoms with Crippen molar-refractivity contribution in [2.75, 3.05) is 11.5 Å². The summed E-state index contributed by atoms with van der Waals surface area (Å²) in [5, 5.41) is 15.5. The molecule has 4 aromatic rings. The van der Waals surface area contributed by atoms with E-state index in [1.54, 1.807) is 29.1 Å². The smallest absolute Gasteiger partial charge is 0.280 e. The monoisotopic (exact) mass is 441 g/mol. The highest BCUT2D eigenvalue weighted by molar-refractivity contribution is 6.08. The Morgan fingerprint density at radius 3 is 2.67 bits per heavy atom. The van der Waals surface area contributed by atoms with E-state index in [-0.39, 0.29) is 17.7 Å². The summed E-state index contributed by atoms with van der Waals surface area (Å²) in [6, 6.07) is 8.83. The number of aromatic nitrogens is 5. The van der Waals surface area contributed by atoms with E-state index >= 15 is 0 Å². The molecule has 166 valence electrons. The van der Waals surface area contributed by atoms with Crippen LogP contribution >= 0.6 is 0 Å². The first-order chi connectivity index (χ1) is 15.9. The molecule has 9 nitrogen and oxygen atoms in total. The number of benzene rings is 1. The second kappa shape index (κ2) is 8.07. The van der Waals surface area contributed by atoms with Gasteiger partial charge in [0, 0.05) is 35.6 Å². The zero-order valence-electron chi connectivity index (χ0n) is 17.9. The van der Waals surface area contributed by atoms with Gasteiger partial charge in [-0.25, -0.2) is 9.67 Å². The van der Waals surface area contributed by atoms with Gasteiger partial charge in [-0.1, -0.05) is 24.3 Å². The molecule has 1 aliphatic rings. The van der Waals surface area contributed by atoms with Gasteiger partial charge in [-0.05, 0) is 43.9 Å².